The van der Waals surface area contributed by atoms with Gasteiger partial charge in [0.05, 0.1) is 6.61 Å². The molecule has 0 aliphatic carbocycles. The van der Waals surface area contributed by atoms with Crippen LogP contribution in [0, 0.1) is 0 Å². The van der Waals surface area contributed by atoms with Crippen LogP contribution in [0.25, 0.3) is 0 Å². The molecule has 0 aliphatic heterocycles. The van der Waals surface area contributed by atoms with Crippen molar-refractivity contribution in [1.29, 1.82) is 0 Å². The lowest BCUT2D eigenvalue weighted by Gasteiger charge is -2.04. The summed E-state index contributed by atoms with van der Waals surface area (Å²) in [6, 6.07) is 7.37. The van der Waals surface area contributed by atoms with Gasteiger partial charge in [0.2, 0.25) is 0 Å². The van der Waals surface area contributed by atoms with Gasteiger partial charge < -0.3 is 4.74 Å². The van der Waals surface area contributed by atoms with E-state index in [1.54, 1.807) is 0 Å². The van der Waals surface area contributed by atoms with Gasteiger partial charge in [0.1, 0.15) is 5.75 Å². The molecule has 3 heteroatoms. The van der Waals surface area contributed by atoms with E-state index < -0.39 is 0 Å². The molecule has 0 aromatic heterocycles. The van der Waals surface area contributed by atoms with Gasteiger partial charge in [0.25, 0.3) is 0 Å². The van der Waals surface area contributed by atoms with E-state index in [1.165, 1.54) is 0 Å². The van der Waals surface area contributed by atoms with Crippen molar-refractivity contribution in [2.75, 3.05) is 11.9 Å². The Morgan fingerprint density at radius 1 is 1.25 bits per heavy atom. The Labute approximate surface area is 105 Å². The van der Waals surface area contributed by atoms with E-state index in [-0.39, 0.29) is 5.78 Å². The Bertz CT molecular complexity index is 319. The van der Waals surface area contributed by atoms with Gasteiger partial charge in [-0.15, -0.1) is 0 Å². The van der Waals surface area contributed by atoms with E-state index in [0.717, 1.165) is 29.5 Å². The molecular formula is C13H17BrO2. The normalized spacial score (nSPS) is 10.1. The summed E-state index contributed by atoms with van der Waals surface area (Å²) in [6.07, 6.45) is 2.61. The van der Waals surface area contributed by atoms with E-state index in [2.05, 4.69) is 15.9 Å². The van der Waals surface area contributed by atoms with Crippen LogP contribution in [0.3, 0.4) is 0 Å². The summed E-state index contributed by atoms with van der Waals surface area (Å²) in [6.45, 7) is 2.60. The lowest BCUT2D eigenvalue weighted by molar-refractivity contribution is 0.0980. The minimum atomic E-state index is 0.212. The molecule has 0 atom stereocenters. The zero-order valence-electron chi connectivity index (χ0n) is 9.54. The molecule has 0 fully saturated rings. The molecule has 88 valence electrons. The summed E-state index contributed by atoms with van der Waals surface area (Å²) in [5.41, 5.74) is 0.776. The molecule has 1 rings (SSSR count). The summed E-state index contributed by atoms with van der Waals surface area (Å²) in [4.78, 5) is 11.7. The van der Waals surface area contributed by atoms with Gasteiger partial charge in [-0.3, -0.25) is 4.79 Å². The molecule has 0 aliphatic rings. The van der Waals surface area contributed by atoms with Gasteiger partial charge in [-0.25, -0.2) is 0 Å². The van der Waals surface area contributed by atoms with Crippen molar-refractivity contribution in [1.82, 2.24) is 0 Å². The number of carbonyl (C=O) groups excluding carboxylic acids is 1. The first-order valence-electron chi connectivity index (χ1n) is 5.60. The molecule has 0 saturated heterocycles. The second kappa shape index (κ2) is 7.44. The number of carbonyl (C=O) groups is 1. The quantitative estimate of drug-likeness (QED) is 0.432. The average Bonchev–Trinajstić information content (AvgIpc) is 2.30. The summed E-state index contributed by atoms with van der Waals surface area (Å²) in [5, 5.41) is 0.962. The van der Waals surface area contributed by atoms with E-state index in [1.807, 2.05) is 31.2 Å². The zero-order valence-corrected chi connectivity index (χ0v) is 11.1. The highest BCUT2D eigenvalue weighted by Crippen LogP contribution is 2.14. The summed E-state index contributed by atoms with van der Waals surface area (Å²) < 4.78 is 5.32. The molecule has 0 unspecified atom stereocenters. The smallest absolute Gasteiger partial charge is 0.162 e. The van der Waals surface area contributed by atoms with Crippen LogP contribution in [0.4, 0.5) is 0 Å². The maximum Gasteiger partial charge on any atom is 0.162 e. The largest absolute Gasteiger partial charge is 0.494 e. The molecule has 0 radical (unpaired) electrons. The minimum Gasteiger partial charge on any atom is -0.494 e. The van der Waals surface area contributed by atoms with Crippen LogP contribution in [-0.2, 0) is 0 Å². The molecule has 0 heterocycles. The standard InChI is InChI=1S/C13H17BrO2/c1-2-16-12-8-6-11(7-9-12)13(15)5-3-4-10-14/h6-9H,2-5,10H2,1H3. The molecular weight excluding hydrogens is 268 g/mol. The second-order valence-corrected chi connectivity index (χ2v) is 4.32. The molecule has 0 bridgehead atoms. The van der Waals surface area contributed by atoms with Crippen LogP contribution < -0.4 is 4.74 Å². The number of unbranched alkanes of at least 4 members (excludes halogenated alkanes) is 1. The SMILES string of the molecule is CCOc1ccc(C(=O)CCCCBr)cc1. The van der Waals surface area contributed by atoms with Gasteiger partial charge in [0.15, 0.2) is 5.78 Å². The Kier molecular flexibility index (Phi) is 6.16. The number of ether oxygens (including phenoxy) is 1. The van der Waals surface area contributed by atoms with Crippen molar-refractivity contribution in [2.24, 2.45) is 0 Å². The molecule has 0 spiro atoms. The predicted molar refractivity (Wildman–Crippen MR) is 69.6 cm³/mol. The number of rotatable bonds is 7. The molecule has 0 amide bonds. The molecule has 1 aromatic carbocycles. The van der Waals surface area contributed by atoms with Crippen LogP contribution in [-0.4, -0.2) is 17.7 Å². The van der Waals surface area contributed by atoms with Crippen molar-refractivity contribution in [3.8, 4) is 5.75 Å². The number of hydrogen-bond donors (Lipinski definition) is 0. The summed E-state index contributed by atoms with van der Waals surface area (Å²) in [7, 11) is 0. The van der Waals surface area contributed by atoms with Crippen molar-refractivity contribution in [2.45, 2.75) is 26.2 Å². The molecule has 2 nitrogen and oxygen atoms in total. The average molecular weight is 285 g/mol. The molecule has 1 aromatic rings. The topological polar surface area (TPSA) is 26.3 Å². The Morgan fingerprint density at radius 2 is 1.94 bits per heavy atom. The summed E-state index contributed by atoms with van der Waals surface area (Å²) in [5.74, 6) is 1.03. The van der Waals surface area contributed by atoms with Crippen LogP contribution in [0.1, 0.15) is 36.5 Å². The van der Waals surface area contributed by atoms with E-state index in [0.29, 0.717) is 13.0 Å². The van der Waals surface area contributed by atoms with Crippen LogP contribution in [0.15, 0.2) is 24.3 Å². The summed E-state index contributed by atoms with van der Waals surface area (Å²) >= 11 is 3.35. The van der Waals surface area contributed by atoms with E-state index in [4.69, 9.17) is 4.74 Å². The maximum atomic E-state index is 11.7. The van der Waals surface area contributed by atoms with E-state index >= 15 is 0 Å². The highest BCUT2D eigenvalue weighted by molar-refractivity contribution is 9.09. The highest BCUT2D eigenvalue weighted by Gasteiger charge is 2.05. The van der Waals surface area contributed by atoms with Gasteiger partial charge in [-0.1, -0.05) is 15.9 Å². The lowest BCUT2D eigenvalue weighted by atomic mass is 10.1. The van der Waals surface area contributed by atoms with Gasteiger partial charge in [-0.2, -0.15) is 0 Å². The third-order valence-electron chi connectivity index (χ3n) is 2.27. The first-order valence-corrected chi connectivity index (χ1v) is 6.72. The van der Waals surface area contributed by atoms with Gasteiger partial charge in [-0.05, 0) is 44.0 Å². The monoisotopic (exact) mass is 284 g/mol. The van der Waals surface area contributed by atoms with Crippen LogP contribution >= 0.6 is 15.9 Å². The fourth-order valence-corrected chi connectivity index (χ4v) is 1.82. The predicted octanol–water partition coefficient (Wildman–Crippen LogP) is 3.83. The highest BCUT2D eigenvalue weighted by atomic mass is 79.9. The number of alkyl halides is 1. The Hall–Kier alpha value is -0.830. The lowest BCUT2D eigenvalue weighted by Crippen LogP contribution is -1.99. The zero-order chi connectivity index (χ0) is 11.8. The minimum absolute atomic E-state index is 0.212. The number of benzene rings is 1. The van der Waals surface area contributed by atoms with Crippen LogP contribution in [0.5, 0.6) is 5.75 Å². The molecule has 16 heavy (non-hydrogen) atoms. The van der Waals surface area contributed by atoms with Gasteiger partial charge >= 0.3 is 0 Å². The number of Topliss-reactive ketones (excluding diaryl/α,β-unsaturated/α-hetero) is 1. The van der Waals surface area contributed by atoms with E-state index in [9.17, 15) is 4.79 Å². The number of ketones is 1. The fraction of sp³-hybridized carbons (Fsp3) is 0.462. The molecule has 0 saturated carbocycles. The van der Waals surface area contributed by atoms with Gasteiger partial charge in [0, 0.05) is 17.3 Å². The Balaban J connectivity index is 2.49. The van der Waals surface area contributed by atoms with Crippen LogP contribution in [0.2, 0.25) is 0 Å². The molecule has 0 N–H and O–H groups in total. The third-order valence-corrected chi connectivity index (χ3v) is 2.84. The van der Waals surface area contributed by atoms with Crippen molar-refractivity contribution < 1.29 is 9.53 Å². The fourth-order valence-electron chi connectivity index (χ4n) is 1.43. The maximum absolute atomic E-state index is 11.7. The van der Waals surface area contributed by atoms with Crippen molar-refractivity contribution in [3.63, 3.8) is 0 Å². The van der Waals surface area contributed by atoms with Crippen molar-refractivity contribution >= 4 is 21.7 Å². The first kappa shape index (κ1) is 13.2. The van der Waals surface area contributed by atoms with Crippen molar-refractivity contribution in [3.05, 3.63) is 29.8 Å². The Morgan fingerprint density at radius 3 is 2.50 bits per heavy atom. The number of halogens is 1. The second-order valence-electron chi connectivity index (χ2n) is 3.53. The third kappa shape index (κ3) is 4.35. The first-order chi connectivity index (χ1) is 7.77. The number of hydrogen-bond acceptors (Lipinski definition) is 2.